The van der Waals surface area contributed by atoms with Gasteiger partial charge in [0.1, 0.15) is 0 Å². The Bertz CT molecular complexity index is 976. The fourth-order valence-corrected chi connectivity index (χ4v) is 2.61. The molecule has 0 unspecified atom stereocenters. The van der Waals surface area contributed by atoms with Gasteiger partial charge in [0.25, 0.3) is 0 Å². The van der Waals surface area contributed by atoms with Crippen LogP contribution in [0.3, 0.4) is 0 Å². The van der Waals surface area contributed by atoms with Gasteiger partial charge in [-0.2, -0.15) is 0 Å². The molecule has 0 atom stereocenters. The first-order valence-electron chi connectivity index (χ1n) is 6.46. The van der Waals surface area contributed by atoms with E-state index in [0.29, 0.717) is 10.7 Å². The summed E-state index contributed by atoms with van der Waals surface area (Å²) in [5.74, 6) is 0.732. The van der Waals surface area contributed by atoms with E-state index in [1.165, 1.54) is 0 Å². The highest BCUT2D eigenvalue weighted by molar-refractivity contribution is 6.30. The van der Waals surface area contributed by atoms with Crippen LogP contribution in [0, 0.1) is 6.92 Å². The second-order valence-corrected chi connectivity index (χ2v) is 5.17. The van der Waals surface area contributed by atoms with Crippen molar-refractivity contribution in [2.75, 3.05) is 0 Å². The van der Waals surface area contributed by atoms with Crippen molar-refractivity contribution < 1.29 is 0 Å². The van der Waals surface area contributed by atoms with E-state index in [0.717, 1.165) is 28.2 Å². The minimum Gasteiger partial charge on any atom is -0.270 e. The van der Waals surface area contributed by atoms with Crippen LogP contribution in [-0.4, -0.2) is 24.6 Å². The topological polar surface area (TPSA) is 56.0 Å². The lowest BCUT2D eigenvalue weighted by Crippen LogP contribution is -1.98. The lowest BCUT2D eigenvalue weighted by molar-refractivity contribution is 1.10. The fourth-order valence-electron chi connectivity index (χ4n) is 2.42. The molecule has 3 heterocycles. The Kier molecular flexibility index (Phi) is 2.62. The van der Waals surface area contributed by atoms with Crippen molar-refractivity contribution in [1.29, 1.82) is 0 Å². The smallest absolute Gasteiger partial charge is 0.183 e. The van der Waals surface area contributed by atoms with Gasteiger partial charge in [-0.1, -0.05) is 23.7 Å². The van der Waals surface area contributed by atoms with Crippen molar-refractivity contribution in [2.24, 2.45) is 0 Å². The Morgan fingerprint density at radius 2 is 2.00 bits per heavy atom. The van der Waals surface area contributed by atoms with Crippen molar-refractivity contribution in [1.82, 2.24) is 24.6 Å². The number of hydrogen-bond acceptors (Lipinski definition) is 4. The fraction of sp³-hybridized carbons (Fsp3) is 0.0667. The van der Waals surface area contributed by atoms with Gasteiger partial charge in [-0.3, -0.25) is 4.40 Å². The molecular formula is C15H10ClN5. The van der Waals surface area contributed by atoms with E-state index in [9.17, 15) is 0 Å². The number of halogens is 1. The maximum absolute atomic E-state index is 6.08. The average molecular weight is 296 g/mol. The highest BCUT2D eigenvalue weighted by Crippen LogP contribution is 2.25. The summed E-state index contributed by atoms with van der Waals surface area (Å²) in [6.45, 7) is 1.90. The lowest BCUT2D eigenvalue weighted by atomic mass is 10.2. The summed E-state index contributed by atoms with van der Waals surface area (Å²) in [7, 11) is 0. The molecule has 0 saturated heterocycles. The quantitative estimate of drug-likeness (QED) is 0.540. The van der Waals surface area contributed by atoms with E-state index in [2.05, 4.69) is 20.2 Å². The number of pyridine rings is 1. The van der Waals surface area contributed by atoms with Crippen LogP contribution in [-0.2, 0) is 0 Å². The molecule has 4 rings (SSSR count). The molecule has 0 saturated carbocycles. The minimum atomic E-state index is 0.664. The van der Waals surface area contributed by atoms with E-state index < -0.39 is 0 Å². The second-order valence-electron chi connectivity index (χ2n) is 4.74. The molecule has 21 heavy (non-hydrogen) atoms. The summed E-state index contributed by atoms with van der Waals surface area (Å²) in [6, 6.07) is 11.4. The number of hydrogen-bond donors (Lipinski definition) is 0. The largest absolute Gasteiger partial charge is 0.270 e. The molecule has 0 aliphatic heterocycles. The van der Waals surface area contributed by atoms with Crippen LogP contribution in [0.2, 0.25) is 5.02 Å². The van der Waals surface area contributed by atoms with Gasteiger partial charge >= 0.3 is 0 Å². The molecule has 0 aliphatic rings. The summed E-state index contributed by atoms with van der Waals surface area (Å²) >= 11 is 6.08. The lowest BCUT2D eigenvalue weighted by Gasteiger charge is -2.05. The first-order chi connectivity index (χ1) is 10.2. The third kappa shape index (κ3) is 1.86. The molecule has 0 aliphatic carbocycles. The normalized spacial score (nSPS) is 11.3. The molecule has 5 nitrogen and oxygen atoms in total. The van der Waals surface area contributed by atoms with Crippen LogP contribution in [0.25, 0.3) is 28.2 Å². The number of aromatic nitrogens is 5. The second kappa shape index (κ2) is 4.49. The third-order valence-electron chi connectivity index (χ3n) is 3.35. The highest BCUT2D eigenvalue weighted by Gasteiger charge is 2.14. The summed E-state index contributed by atoms with van der Waals surface area (Å²) < 4.78 is 1.97. The Morgan fingerprint density at radius 3 is 2.86 bits per heavy atom. The van der Waals surface area contributed by atoms with Crippen LogP contribution in [0.15, 0.2) is 42.6 Å². The van der Waals surface area contributed by atoms with E-state index in [1.807, 2.05) is 47.7 Å². The van der Waals surface area contributed by atoms with Gasteiger partial charge < -0.3 is 0 Å². The molecule has 102 valence electrons. The zero-order valence-corrected chi connectivity index (χ0v) is 11.9. The molecule has 0 spiro atoms. The first-order valence-corrected chi connectivity index (χ1v) is 6.84. The standard InChI is InChI=1S/C15H10ClN5/c1-9-14-19-20-15(10-4-2-5-11(16)8-10)21(14)12-6-3-7-17-13(12)18-9/h2-8H,1H3. The molecule has 0 N–H and O–H groups in total. The molecule has 1 aromatic carbocycles. The summed E-state index contributed by atoms with van der Waals surface area (Å²) in [4.78, 5) is 8.78. The first kappa shape index (κ1) is 12.2. The Labute approximate surface area is 125 Å². The van der Waals surface area contributed by atoms with Gasteiger partial charge in [-0.25, -0.2) is 9.97 Å². The van der Waals surface area contributed by atoms with Gasteiger partial charge in [-0.15, -0.1) is 10.2 Å². The van der Waals surface area contributed by atoms with Gasteiger partial charge in [0.15, 0.2) is 17.1 Å². The molecule has 3 aromatic heterocycles. The monoisotopic (exact) mass is 295 g/mol. The van der Waals surface area contributed by atoms with Gasteiger partial charge in [-0.05, 0) is 31.2 Å². The van der Waals surface area contributed by atoms with Crippen molar-refractivity contribution in [3.05, 3.63) is 53.3 Å². The third-order valence-corrected chi connectivity index (χ3v) is 3.59. The number of nitrogens with zero attached hydrogens (tertiary/aromatic N) is 5. The Hall–Kier alpha value is -2.53. The predicted molar refractivity (Wildman–Crippen MR) is 81.3 cm³/mol. The molecule has 0 radical (unpaired) electrons. The maximum Gasteiger partial charge on any atom is 0.183 e. The molecular weight excluding hydrogens is 286 g/mol. The number of fused-ring (bicyclic) bond motifs is 3. The van der Waals surface area contributed by atoms with Crippen LogP contribution < -0.4 is 0 Å². The van der Waals surface area contributed by atoms with E-state index >= 15 is 0 Å². The summed E-state index contributed by atoms with van der Waals surface area (Å²) in [5, 5.41) is 9.22. The van der Waals surface area contributed by atoms with Crippen molar-refractivity contribution >= 4 is 28.4 Å². The SMILES string of the molecule is Cc1nc2ncccc2n2c(-c3cccc(Cl)c3)nnc12. The van der Waals surface area contributed by atoms with Gasteiger partial charge in [0.2, 0.25) is 0 Å². The molecule has 4 aromatic rings. The van der Waals surface area contributed by atoms with E-state index in [-0.39, 0.29) is 0 Å². The zero-order chi connectivity index (χ0) is 14.4. The van der Waals surface area contributed by atoms with Crippen molar-refractivity contribution in [2.45, 2.75) is 6.92 Å². The van der Waals surface area contributed by atoms with Crippen LogP contribution in [0.1, 0.15) is 5.69 Å². The summed E-state index contributed by atoms with van der Waals surface area (Å²) in [5.41, 5.74) is 3.97. The minimum absolute atomic E-state index is 0.664. The number of benzene rings is 1. The molecule has 6 heteroatoms. The highest BCUT2D eigenvalue weighted by atomic mass is 35.5. The number of rotatable bonds is 1. The van der Waals surface area contributed by atoms with Crippen molar-refractivity contribution in [3.8, 4) is 11.4 Å². The average Bonchev–Trinajstić information content (AvgIpc) is 2.93. The summed E-state index contributed by atoms with van der Waals surface area (Å²) in [6.07, 6.45) is 1.73. The number of aryl methyl sites for hydroxylation is 1. The maximum atomic E-state index is 6.08. The van der Waals surface area contributed by atoms with Crippen molar-refractivity contribution in [3.63, 3.8) is 0 Å². The van der Waals surface area contributed by atoms with Crippen LogP contribution in [0.5, 0.6) is 0 Å². The predicted octanol–water partition coefficient (Wildman–Crippen LogP) is 3.30. The van der Waals surface area contributed by atoms with Crippen LogP contribution in [0.4, 0.5) is 0 Å². The Balaban J connectivity index is 2.16. The Morgan fingerprint density at radius 1 is 1.10 bits per heavy atom. The van der Waals surface area contributed by atoms with E-state index in [4.69, 9.17) is 11.6 Å². The molecule has 0 bridgehead atoms. The van der Waals surface area contributed by atoms with Gasteiger partial charge in [0, 0.05) is 16.8 Å². The molecule has 0 amide bonds. The van der Waals surface area contributed by atoms with Gasteiger partial charge in [0.05, 0.1) is 11.2 Å². The van der Waals surface area contributed by atoms with Crippen LogP contribution >= 0.6 is 11.6 Å². The van der Waals surface area contributed by atoms with E-state index in [1.54, 1.807) is 6.20 Å². The zero-order valence-electron chi connectivity index (χ0n) is 11.2. The molecule has 0 fully saturated rings.